The van der Waals surface area contributed by atoms with Gasteiger partial charge in [-0.15, -0.1) is 0 Å². The van der Waals surface area contributed by atoms with Crippen LogP contribution in [0, 0.1) is 33.6 Å². The highest BCUT2D eigenvalue weighted by molar-refractivity contribution is 5.94. The molecule has 2 heterocycles. The summed E-state index contributed by atoms with van der Waals surface area (Å²) < 4.78 is 5.45. The molecule has 0 saturated carbocycles. The average molecular weight is 419 g/mol. The molecule has 0 bridgehead atoms. The summed E-state index contributed by atoms with van der Waals surface area (Å²) in [6.45, 7) is 10.4. The first kappa shape index (κ1) is 21.2. The van der Waals surface area contributed by atoms with E-state index in [2.05, 4.69) is 39.4 Å². The molecule has 1 aliphatic heterocycles. The fraction of sp³-hybridized carbons (Fsp3) is 0.400. The second-order valence-corrected chi connectivity index (χ2v) is 8.72. The second-order valence-electron chi connectivity index (χ2n) is 8.72. The number of aromatic nitrogens is 2. The Morgan fingerprint density at radius 1 is 1.10 bits per heavy atom. The highest BCUT2D eigenvalue weighted by Gasteiger charge is 2.27. The van der Waals surface area contributed by atoms with Crippen LogP contribution in [0.15, 0.2) is 40.9 Å². The quantitative estimate of drug-likeness (QED) is 0.643. The third-order valence-corrected chi connectivity index (χ3v) is 5.93. The van der Waals surface area contributed by atoms with E-state index >= 15 is 0 Å². The Kier molecular flexibility index (Phi) is 6.18. The predicted molar refractivity (Wildman–Crippen MR) is 122 cm³/mol. The van der Waals surface area contributed by atoms with Crippen molar-refractivity contribution in [3.8, 4) is 11.5 Å². The molecule has 0 radical (unpaired) electrons. The van der Waals surface area contributed by atoms with E-state index in [9.17, 15) is 4.79 Å². The number of nitrogens with zero attached hydrogens (tertiary/aromatic N) is 3. The fourth-order valence-electron chi connectivity index (χ4n) is 4.35. The van der Waals surface area contributed by atoms with Gasteiger partial charge in [-0.25, -0.2) is 0 Å². The van der Waals surface area contributed by atoms with Gasteiger partial charge in [-0.3, -0.25) is 9.69 Å². The third kappa shape index (κ3) is 5.02. The molecule has 0 aliphatic carbocycles. The maximum Gasteiger partial charge on any atom is 0.257 e. The fourth-order valence-corrected chi connectivity index (χ4v) is 4.35. The van der Waals surface area contributed by atoms with Crippen molar-refractivity contribution in [1.82, 2.24) is 15.0 Å². The standard InChI is InChI=1S/C25H30N4O2/c1-16-7-9-20(10-8-16)25-26-22(28-31-25)15-29-11-5-6-21(14-29)24(30)27-23-18(3)12-17(2)13-19(23)4/h7-10,12-13,21H,5-6,11,14-15H2,1-4H3,(H,27,30)/t21-/m0/s1. The molecular formula is C25H30N4O2. The molecule has 162 valence electrons. The van der Waals surface area contributed by atoms with Gasteiger partial charge in [-0.05, 0) is 70.3 Å². The van der Waals surface area contributed by atoms with Crippen LogP contribution in [-0.2, 0) is 11.3 Å². The van der Waals surface area contributed by atoms with Crippen molar-refractivity contribution in [2.24, 2.45) is 5.92 Å². The number of amides is 1. The molecule has 2 aromatic carbocycles. The minimum atomic E-state index is -0.0441. The summed E-state index contributed by atoms with van der Waals surface area (Å²) in [5.41, 5.74) is 6.47. The lowest BCUT2D eigenvalue weighted by Gasteiger charge is -2.31. The highest BCUT2D eigenvalue weighted by atomic mass is 16.5. The Balaban J connectivity index is 1.39. The molecule has 1 aliphatic rings. The Labute approximate surface area is 183 Å². The molecule has 1 fully saturated rings. The first-order chi connectivity index (χ1) is 14.9. The van der Waals surface area contributed by atoms with E-state index in [4.69, 9.17) is 4.52 Å². The Morgan fingerprint density at radius 3 is 2.52 bits per heavy atom. The lowest BCUT2D eigenvalue weighted by atomic mass is 9.96. The van der Waals surface area contributed by atoms with E-state index < -0.39 is 0 Å². The molecule has 1 N–H and O–H groups in total. The number of rotatable bonds is 5. The van der Waals surface area contributed by atoms with Crippen molar-refractivity contribution in [2.75, 3.05) is 18.4 Å². The summed E-state index contributed by atoms with van der Waals surface area (Å²) in [5, 5.41) is 7.32. The summed E-state index contributed by atoms with van der Waals surface area (Å²) in [6, 6.07) is 12.3. The Bertz CT molecular complexity index is 1050. The van der Waals surface area contributed by atoms with Crippen LogP contribution < -0.4 is 5.32 Å². The molecule has 1 saturated heterocycles. The molecule has 0 unspecified atom stereocenters. The third-order valence-electron chi connectivity index (χ3n) is 5.93. The lowest BCUT2D eigenvalue weighted by Crippen LogP contribution is -2.40. The minimum Gasteiger partial charge on any atom is -0.334 e. The molecule has 1 aromatic heterocycles. The number of likely N-dealkylation sites (tertiary alicyclic amines) is 1. The van der Waals surface area contributed by atoms with E-state index in [1.807, 2.05) is 45.0 Å². The maximum absolute atomic E-state index is 13.0. The topological polar surface area (TPSA) is 71.3 Å². The van der Waals surface area contributed by atoms with Crippen molar-refractivity contribution < 1.29 is 9.32 Å². The normalized spacial score (nSPS) is 17.0. The molecule has 0 spiro atoms. The average Bonchev–Trinajstić information content (AvgIpc) is 3.19. The van der Waals surface area contributed by atoms with Crippen molar-refractivity contribution in [3.63, 3.8) is 0 Å². The summed E-state index contributed by atoms with van der Waals surface area (Å²) in [4.78, 5) is 19.8. The second kappa shape index (κ2) is 9.02. The zero-order valence-corrected chi connectivity index (χ0v) is 18.7. The monoisotopic (exact) mass is 418 g/mol. The Morgan fingerprint density at radius 2 is 1.81 bits per heavy atom. The van der Waals surface area contributed by atoms with Crippen LogP contribution in [-0.4, -0.2) is 34.0 Å². The van der Waals surface area contributed by atoms with Crippen LogP contribution >= 0.6 is 0 Å². The first-order valence-corrected chi connectivity index (χ1v) is 10.9. The number of aryl methyl sites for hydroxylation is 4. The number of nitrogens with one attached hydrogen (secondary N) is 1. The number of anilines is 1. The largest absolute Gasteiger partial charge is 0.334 e. The van der Waals surface area contributed by atoms with E-state index in [0.717, 1.165) is 41.8 Å². The van der Waals surface area contributed by atoms with Gasteiger partial charge in [-0.1, -0.05) is 40.5 Å². The summed E-state index contributed by atoms with van der Waals surface area (Å²) in [6.07, 6.45) is 1.87. The molecule has 1 atom stereocenters. The number of piperidine rings is 1. The van der Waals surface area contributed by atoms with Crippen LogP contribution in [0.25, 0.3) is 11.5 Å². The maximum atomic E-state index is 13.0. The van der Waals surface area contributed by atoms with E-state index in [1.165, 1.54) is 11.1 Å². The van der Waals surface area contributed by atoms with Gasteiger partial charge in [0, 0.05) is 17.8 Å². The summed E-state index contributed by atoms with van der Waals surface area (Å²) >= 11 is 0. The zero-order valence-electron chi connectivity index (χ0n) is 18.7. The van der Waals surface area contributed by atoms with Gasteiger partial charge in [0.1, 0.15) is 0 Å². The van der Waals surface area contributed by atoms with Crippen molar-refractivity contribution >= 4 is 11.6 Å². The van der Waals surface area contributed by atoms with Gasteiger partial charge in [0.2, 0.25) is 5.91 Å². The molecule has 6 heteroatoms. The van der Waals surface area contributed by atoms with Crippen LogP contribution in [0.2, 0.25) is 0 Å². The molecule has 31 heavy (non-hydrogen) atoms. The van der Waals surface area contributed by atoms with E-state index in [-0.39, 0.29) is 11.8 Å². The number of hydrogen-bond acceptors (Lipinski definition) is 5. The van der Waals surface area contributed by atoms with E-state index in [1.54, 1.807) is 0 Å². The van der Waals surface area contributed by atoms with Gasteiger partial charge >= 0.3 is 0 Å². The minimum absolute atomic E-state index is 0.0441. The zero-order chi connectivity index (χ0) is 22.0. The molecular weight excluding hydrogens is 388 g/mol. The van der Waals surface area contributed by atoms with Gasteiger partial charge in [-0.2, -0.15) is 4.98 Å². The summed E-state index contributed by atoms with van der Waals surface area (Å²) in [7, 11) is 0. The van der Waals surface area contributed by atoms with Gasteiger partial charge < -0.3 is 9.84 Å². The van der Waals surface area contributed by atoms with Crippen LogP contribution in [0.4, 0.5) is 5.69 Å². The van der Waals surface area contributed by atoms with Gasteiger partial charge in [0.05, 0.1) is 12.5 Å². The number of carbonyl (C=O) groups is 1. The Hall–Kier alpha value is -2.99. The number of benzene rings is 2. The summed E-state index contributed by atoms with van der Waals surface area (Å²) in [5.74, 6) is 1.24. The molecule has 3 aromatic rings. The van der Waals surface area contributed by atoms with E-state index in [0.29, 0.717) is 24.8 Å². The number of hydrogen-bond donors (Lipinski definition) is 1. The molecule has 4 rings (SSSR count). The SMILES string of the molecule is Cc1ccc(-c2nc(CN3CCC[C@H](C(=O)Nc4c(C)cc(C)cc4C)C3)no2)cc1. The lowest BCUT2D eigenvalue weighted by molar-refractivity contribution is -0.121. The van der Waals surface area contributed by atoms with Crippen molar-refractivity contribution in [3.05, 3.63) is 64.5 Å². The van der Waals surface area contributed by atoms with Crippen molar-refractivity contribution in [2.45, 2.75) is 47.1 Å². The molecule has 6 nitrogen and oxygen atoms in total. The van der Waals surface area contributed by atoms with Crippen LogP contribution in [0.5, 0.6) is 0 Å². The van der Waals surface area contributed by atoms with Crippen LogP contribution in [0.3, 0.4) is 0 Å². The number of carbonyl (C=O) groups excluding carboxylic acids is 1. The highest BCUT2D eigenvalue weighted by Crippen LogP contribution is 2.25. The first-order valence-electron chi connectivity index (χ1n) is 10.9. The molecule has 1 amide bonds. The predicted octanol–water partition coefficient (Wildman–Crippen LogP) is 4.82. The van der Waals surface area contributed by atoms with Gasteiger partial charge in [0.25, 0.3) is 5.89 Å². The van der Waals surface area contributed by atoms with Crippen LogP contribution in [0.1, 0.15) is 40.9 Å². The van der Waals surface area contributed by atoms with Crippen molar-refractivity contribution in [1.29, 1.82) is 0 Å². The van der Waals surface area contributed by atoms with Gasteiger partial charge in [0.15, 0.2) is 5.82 Å². The smallest absolute Gasteiger partial charge is 0.257 e.